The Morgan fingerprint density at radius 1 is 1.20 bits per heavy atom. The molecule has 2 unspecified atom stereocenters. The van der Waals surface area contributed by atoms with Crippen LogP contribution in [-0.4, -0.2) is 10.5 Å². The Bertz CT molecular complexity index is 210. The van der Waals surface area contributed by atoms with Crippen molar-refractivity contribution in [2.24, 2.45) is 0 Å². The Labute approximate surface area is 98.6 Å². The normalized spacial score (nSPS) is 13.9. The van der Waals surface area contributed by atoms with Gasteiger partial charge < -0.3 is 4.42 Å². The van der Waals surface area contributed by atoms with Gasteiger partial charge in [-0.05, 0) is 31.9 Å². The molecule has 0 aliphatic heterocycles. The molecule has 0 N–H and O–H groups in total. The van der Waals surface area contributed by atoms with Crippen molar-refractivity contribution < 1.29 is 4.42 Å². The lowest BCUT2D eigenvalue weighted by Crippen LogP contribution is -2.01. The highest BCUT2D eigenvalue weighted by molar-refractivity contribution is 8.00. The number of rotatable bonds is 4. The minimum Gasteiger partial charge on any atom is -0.470 e. The second-order valence-corrected chi connectivity index (χ2v) is 5.68. The Morgan fingerprint density at radius 2 is 1.73 bits per heavy atom. The predicted octanol–water partition coefficient (Wildman–Crippen LogP) is 4.90. The average Bonchev–Trinajstić information content (AvgIpc) is 2.69. The van der Waals surface area contributed by atoms with Crippen LogP contribution in [0.15, 0.2) is 22.8 Å². The molecule has 1 aromatic rings. The highest BCUT2D eigenvalue weighted by Crippen LogP contribution is 2.21. The van der Waals surface area contributed by atoms with Crippen molar-refractivity contribution in [2.75, 3.05) is 0 Å². The van der Waals surface area contributed by atoms with E-state index in [9.17, 15) is 0 Å². The quantitative estimate of drug-likeness (QED) is 0.726. The van der Waals surface area contributed by atoms with Crippen molar-refractivity contribution in [3.8, 4) is 0 Å². The molecule has 2 atom stereocenters. The van der Waals surface area contributed by atoms with Crippen molar-refractivity contribution in [3.63, 3.8) is 0 Å². The summed E-state index contributed by atoms with van der Waals surface area (Å²) in [6.45, 7) is 11.0. The van der Waals surface area contributed by atoms with Crippen LogP contribution in [0.25, 0.3) is 0 Å². The van der Waals surface area contributed by atoms with Gasteiger partial charge in [-0.15, -0.1) is 0 Å². The summed E-state index contributed by atoms with van der Waals surface area (Å²) < 4.78 is 4.83. The number of thioether (sulfide) groups is 1. The van der Waals surface area contributed by atoms with E-state index in [2.05, 4.69) is 39.5 Å². The van der Waals surface area contributed by atoms with Crippen molar-refractivity contribution in [1.29, 1.82) is 0 Å². The maximum absolute atomic E-state index is 4.83. The second kappa shape index (κ2) is 8.90. The van der Waals surface area contributed by atoms with Gasteiger partial charge in [0.15, 0.2) is 0 Å². The third-order valence-electron chi connectivity index (χ3n) is 2.28. The predicted molar refractivity (Wildman–Crippen MR) is 70.5 cm³/mol. The Morgan fingerprint density at radius 3 is 1.93 bits per heavy atom. The first-order valence-corrected chi connectivity index (χ1v) is 6.69. The van der Waals surface area contributed by atoms with E-state index < -0.39 is 0 Å². The standard InChI is InChI=1S/C8H18S.C5H6O/c1-5-7(3)9-8(4)6-2;1-5-3-2-4-6-5/h7-8H,5-6H2,1-4H3;2-4H,1H3. The topological polar surface area (TPSA) is 13.1 Å². The molecule has 0 fully saturated rings. The molecule has 1 heterocycles. The molecule has 0 spiro atoms. The van der Waals surface area contributed by atoms with E-state index in [0.717, 1.165) is 16.3 Å². The van der Waals surface area contributed by atoms with E-state index in [0.29, 0.717) is 0 Å². The van der Waals surface area contributed by atoms with Crippen molar-refractivity contribution >= 4 is 11.8 Å². The van der Waals surface area contributed by atoms with Crippen LogP contribution in [-0.2, 0) is 0 Å². The maximum atomic E-state index is 4.83. The van der Waals surface area contributed by atoms with E-state index in [1.54, 1.807) is 6.26 Å². The van der Waals surface area contributed by atoms with Crippen LogP contribution in [0.2, 0.25) is 0 Å². The minimum absolute atomic E-state index is 0.847. The second-order valence-electron chi connectivity index (χ2n) is 3.80. The third-order valence-corrected chi connectivity index (χ3v) is 3.87. The lowest BCUT2D eigenvalue weighted by molar-refractivity contribution is 0.534. The van der Waals surface area contributed by atoms with E-state index in [1.165, 1.54) is 12.8 Å². The fourth-order valence-electron chi connectivity index (χ4n) is 0.950. The first-order chi connectivity index (χ1) is 7.10. The van der Waals surface area contributed by atoms with Crippen molar-refractivity contribution in [2.45, 2.75) is 58.0 Å². The smallest absolute Gasteiger partial charge is 0.100 e. The van der Waals surface area contributed by atoms with Crippen LogP contribution in [0, 0.1) is 6.92 Å². The summed E-state index contributed by atoms with van der Waals surface area (Å²) in [7, 11) is 0. The van der Waals surface area contributed by atoms with Crippen molar-refractivity contribution in [3.05, 3.63) is 24.2 Å². The monoisotopic (exact) mass is 228 g/mol. The molecule has 0 radical (unpaired) electrons. The van der Waals surface area contributed by atoms with E-state index in [4.69, 9.17) is 4.42 Å². The van der Waals surface area contributed by atoms with Gasteiger partial charge in [-0.2, -0.15) is 11.8 Å². The summed E-state index contributed by atoms with van der Waals surface area (Å²) in [6, 6.07) is 3.79. The van der Waals surface area contributed by atoms with Crippen LogP contribution in [0.4, 0.5) is 0 Å². The fourth-order valence-corrected chi connectivity index (χ4v) is 2.13. The first kappa shape index (κ1) is 14.6. The molecule has 15 heavy (non-hydrogen) atoms. The summed E-state index contributed by atoms with van der Waals surface area (Å²) >= 11 is 2.10. The van der Waals surface area contributed by atoms with Gasteiger partial charge in [-0.1, -0.05) is 27.7 Å². The Kier molecular flexibility index (Phi) is 8.68. The molecule has 2 heteroatoms. The van der Waals surface area contributed by atoms with E-state index in [-0.39, 0.29) is 0 Å². The number of hydrogen-bond donors (Lipinski definition) is 0. The molecule has 0 amide bonds. The van der Waals surface area contributed by atoms with Gasteiger partial charge in [0.1, 0.15) is 5.76 Å². The van der Waals surface area contributed by atoms with Crippen LogP contribution >= 0.6 is 11.8 Å². The molecule has 0 saturated carbocycles. The molecule has 1 nitrogen and oxygen atoms in total. The summed E-state index contributed by atoms with van der Waals surface area (Å²) in [6.07, 6.45) is 4.26. The van der Waals surface area contributed by atoms with Crippen LogP contribution in [0.1, 0.15) is 46.3 Å². The zero-order valence-electron chi connectivity index (χ0n) is 10.6. The fraction of sp³-hybridized carbons (Fsp3) is 0.692. The van der Waals surface area contributed by atoms with E-state index >= 15 is 0 Å². The van der Waals surface area contributed by atoms with Gasteiger partial charge in [-0.25, -0.2) is 0 Å². The molecule has 1 aromatic heterocycles. The minimum atomic E-state index is 0.847. The molecule has 0 saturated heterocycles. The third kappa shape index (κ3) is 8.61. The summed E-state index contributed by atoms with van der Waals surface area (Å²) in [4.78, 5) is 0. The molecule has 0 aliphatic rings. The maximum Gasteiger partial charge on any atom is 0.100 e. The van der Waals surface area contributed by atoms with Gasteiger partial charge in [0.2, 0.25) is 0 Å². The summed E-state index contributed by atoms with van der Waals surface area (Å²) in [5.74, 6) is 0.968. The van der Waals surface area contributed by atoms with E-state index in [1.807, 2.05) is 19.1 Å². The van der Waals surface area contributed by atoms with Crippen LogP contribution in [0.3, 0.4) is 0 Å². The van der Waals surface area contributed by atoms with Gasteiger partial charge in [0.05, 0.1) is 6.26 Å². The Hall–Kier alpha value is -0.370. The average molecular weight is 228 g/mol. The zero-order valence-corrected chi connectivity index (χ0v) is 11.4. The number of furan rings is 1. The lowest BCUT2D eigenvalue weighted by Gasteiger charge is -2.12. The van der Waals surface area contributed by atoms with Gasteiger partial charge in [0, 0.05) is 10.5 Å². The summed E-state index contributed by atoms with van der Waals surface area (Å²) in [5.41, 5.74) is 0. The molecular weight excluding hydrogens is 204 g/mol. The van der Waals surface area contributed by atoms with Crippen molar-refractivity contribution in [1.82, 2.24) is 0 Å². The van der Waals surface area contributed by atoms with Crippen LogP contribution in [0.5, 0.6) is 0 Å². The number of hydrogen-bond acceptors (Lipinski definition) is 2. The highest BCUT2D eigenvalue weighted by atomic mass is 32.2. The molecule has 0 aliphatic carbocycles. The summed E-state index contributed by atoms with van der Waals surface area (Å²) in [5, 5.41) is 1.69. The Balaban J connectivity index is 0.000000280. The molecule has 0 bridgehead atoms. The molecule has 0 aromatic carbocycles. The van der Waals surface area contributed by atoms with Gasteiger partial charge >= 0.3 is 0 Å². The van der Waals surface area contributed by atoms with Gasteiger partial charge in [0.25, 0.3) is 0 Å². The van der Waals surface area contributed by atoms with Crippen LogP contribution < -0.4 is 0 Å². The number of aryl methyl sites for hydroxylation is 1. The highest BCUT2D eigenvalue weighted by Gasteiger charge is 2.03. The van der Waals surface area contributed by atoms with Gasteiger partial charge in [-0.3, -0.25) is 0 Å². The largest absolute Gasteiger partial charge is 0.470 e. The lowest BCUT2D eigenvalue weighted by atomic mass is 10.4. The molecular formula is C13H24OS. The molecule has 88 valence electrons. The molecule has 1 rings (SSSR count). The SMILES string of the molecule is CCC(C)SC(C)CC.Cc1ccco1. The first-order valence-electron chi connectivity index (χ1n) is 5.75. The zero-order chi connectivity index (χ0) is 11.7.